The summed E-state index contributed by atoms with van der Waals surface area (Å²) in [5.41, 5.74) is 5.53. The van der Waals surface area contributed by atoms with Crippen molar-refractivity contribution < 1.29 is 9.59 Å². The number of benzene rings is 3. The van der Waals surface area contributed by atoms with Crippen molar-refractivity contribution in [1.82, 2.24) is 14.8 Å². The number of hydrogen-bond acceptors (Lipinski definition) is 2. The molecule has 33 heavy (non-hydrogen) atoms. The van der Waals surface area contributed by atoms with E-state index in [2.05, 4.69) is 24.4 Å². The normalized spacial score (nSPS) is 15.7. The van der Waals surface area contributed by atoms with Crippen LogP contribution in [0.15, 0.2) is 79.0 Å². The lowest BCUT2D eigenvalue weighted by atomic mass is 9.97. The summed E-state index contributed by atoms with van der Waals surface area (Å²) in [7, 11) is 1.95. The van der Waals surface area contributed by atoms with E-state index < -0.39 is 0 Å². The van der Waals surface area contributed by atoms with Crippen LogP contribution in [0.4, 0.5) is 0 Å². The third-order valence-electron chi connectivity index (χ3n) is 6.44. The summed E-state index contributed by atoms with van der Waals surface area (Å²) in [5.74, 6) is -0.0831. The van der Waals surface area contributed by atoms with Crippen molar-refractivity contribution >= 4 is 22.7 Å². The zero-order chi connectivity index (χ0) is 22.9. The second-order valence-electron chi connectivity index (χ2n) is 8.80. The summed E-state index contributed by atoms with van der Waals surface area (Å²) in [6, 6.07) is 23.8. The molecule has 166 valence electrons. The van der Waals surface area contributed by atoms with Crippen LogP contribution in [-0.4, -0.2) is 40.4 Å². The number of aromatic nitrogens is 1. The third-order valence-corrected chi connectivity index (χ3v) is 6.44. The van der Waals surface area contributed by atoms with Crippen molar-refractivity contribution in [2.75, 3.05) is 13.1 Å². The van der Waals surface area contributed by atoms with Gasteiger partial charge >= 0.3 is 0 Å². The summed E-state index contributed by atoms with van der Waals surface area (Å²) in [5, 5.41) is 4.08. The number of fused-ring (bicyclic) bond motifs is 1. The van der Waals surface area contributed by atoms with Gasteiger partial charge in [0.15, 0.2) is 0 Å². The number of nitrogens with one attached hydrogen (secondary N) is 1. The monoisotopic (exact) mass is 437 g/mol. The molecule has 1 fully saturated rings. The van der Waals surface area contributed by atoms with Crippen LogP contribution in [0.2, 0.25) is 0 Å². The Morgan fingerprint density at radius 3 is 2.58 bits per heavy atom. The number of para-hydroxylation sites is 1. The van der Waals surface area contributed by atoms with E-state index in [0.717, 1.165) is 34.0 Å². The zero-order valence-corrected chi connectivity index (χ0v) is 18.9. The number of rotatable bonds is 4. The van der Waals surface area contributed by atoms with Crippen molar-refractivity contribution in [2.45, 2.75) is 19.4 Å². The molecule has 5 rings (SSSR count). The quantitative estimate of drug-likeness (QED) is 0.499. The summed E-state index contributed by atoms with van der Waals surface area (Å²) in [6.07, 6.45) is 2.62. The van der Waals surface area contributed by atoms with Gasteiger partial charge in [-0.2, -0.15) is 0 Å². The fourth-order valence-electron chi connectivity index (χ4n) is 4.75. The second-order valence-corrected chi connectivity index (χ2v) is 8.80. The molecule has 0 radical (unpaired) electrons. The van der Waals surface area contributed by atoms with Crippen molar-refractivity contribution in [3.8, 4) is 11.1 Å². The number of aryl methyl sites for hydroxylation is 2. The average Bonchev–Trinajstić information content (AvgIpc) is 3.43. The number of nitrogens with zero attached hydrogens (tertiary/aromatic N) is 2. The minimum atomic E-state index is -0.0914. The van der Waals surface area contributed by atoms with Gasteiger partial charge in [0.2, 0.25) is 0 Å². The molecule has 1 saturated heterocycles. The van der Waals surface area contributed by atoms with E-state index in [0.29, 0.717) is 24.2 Å². The van der Waals surface area contributed by atoms with E-state index in [1.807, 2.05) is 83.4 Å². The molecular formula is C28H27N3O2. The second kappa shape index (κ2) is 8.58. The topological polar surface area (TPSA) is 54.3 Å². The highest BCUT2D eigenvalue weighted by atomic mass is 16.2. The highest BCUT2D eigenvalue weighted by Gasteiger charge is 2.30. The van der Waals surface area contributed by atoms with Gasteiger partial charge in [-0.15, -0.1) is 0 Å². The molecule has 5 heteroatoms. The first-order chi connectivity index (χ1) is 16.0. The Labute approximate surface area is 193 Å². The maximum absolute atomic E-state index is 13.4. The number of carbonyl (C=O) groups is 2. The van der Waals surface area contributed by atoms with Crippen molar-refractivity contribution in [3.05, 3.63) is 95.7 Å². The zero-order valence-electron chi connectivity index (χ0n) is 18.9. The summed E-state index contributed by atoms with van der Waals surface area (Å²) < 4.78 is 1.97. The van der Waals surface area contributed by atoms with Crippen LogP contribution in [0.3, 0.4) is 0 Å². The first-order valence-electron chi connectivity index (χ1n) is 11.3. The van der Waals surface area contributed by atoms with Crippen LogP contribution in [0.25, 0.3) is 22.0 Å². The largest absolute Gasteiger partial charge is 0.350 e. The van der Waals surface area contributed by atoms with Crippen LogP contribution >= 0.6 is 0 Å². The molecule has 2 amide bonds. The minimum Gasteiger partial charge on any atom is -0.350 e. The summed E-state index contributed by atoms with van der Waals surface area (Å²) in [4.78, 5) is 28.3. The molecule has 3 aromatic carbocycles. The van der Waals surface area contributed by atoms with E-state index in [4.69, 9.17) is 0 Å². The molecule has 4 aromatic rings. The molecular weight excluding hydrogens is 410 g/mol. The highest BCUT2D eigenvalue weighted by Crippen LogP contribution is 2.27. The van der Waals surface area contributed by atoms with E-state index in [9.17, 15) is 9.59 Å². The van der Waals surface area contributed by atoms with Crippen LogP contribution in [0, 0.1) is 6.92 Å². The molecule has 1 aromatic heterocycles. The minimum absolute atomic E-state index is 0.00835. The molecule has 5 nitrogen and oxygen atoms in total. The van der Waals surface area contributed by atoms with Gasteiger partial charge in [0, 0.05) is 48.8 Å². The molecule has 1 aliphatic heterocycles. The lowest BCUT2D eigenvalue weighted by Gasteiger charge is -2.19. The maximum Gasteiger partial charge on any atom is 0.254 e. The van der Waals surface area contributed by atoms with Gasteiger partial charge in [0.25, 0.3) is 11.8 Å². The number of hydrogen-bond donors (Lipinski definition) is 1. The molecule has 1 N–H and O–H groups in total. The van der Waals surface area contributed by atoms with E-state index in [-0.39, 0.29) is 17.9 Å². The van der Waals surface area contributed by atoms with Gasteiger partial charge in [-0.05, 0) is 36.6 Å². The summed E-state index contributed by atoms with van der Waals surface area (Å²) >= 11 is 0. The van der Waals surface area contributed by atoms with E-state index in [1.54, 1.807) is 0 Å². The van der Waals surface area contributed by atoms with E-state index >= 15 is 0 Å². The molecule has 1 atom stereocenters. The molecule has 0 bridgehead atoms. The molecule has 1 aliphatic rings. The Bertz CT molecular complexity index is 1350. The van der Waals surface area contributed by atoms with Gasteiger partial charge in [-0.3, -0.25) is 9.59 Å². The standard InChI is InChI=1S/C28H27N3O2/c1-19-8-7-9-20(16-19)22-10-3-4-12-24(22)28(33)31-15-14-21(17-31)29-27(32)25-18-30(2)26-13-6-5-11-23(25)26/h3-13,16,18,21H,14-15,17H2,1-2H3,(H,29,32)/t21-/m1/s1. The Kier molecular flexibility index (Phi) is 5.47. The Morgan fingerprint density at radius 2 is 1.73 bits per heavy atom. The predicted molar refractivity (Wildman–Crippen MR) is 131 cm³/mol. The number of carbonyl (C=O) groups excluding carboxylic acids is 2. The smallest absolute Gasteiger partial charge is 0.254 e. The van der Waals surface area contributed by atoms with E-state index in [1.165, 1.54) is 0 Å². The predicted octanol–water partition coefficient (Wildman–Crippen LogP) is 4.80. The molecule has 2 heterocycles. The Balaban J connectivity index is 1.32. The lowest BCUT2D eigenvalue weighted by molar-refractivity contribution is 0.0784. The highest BCUT2D eigenvalue weighted by molar-refractivity contribution is 6.07. The van der Waals surface area contributed by atoms with Gasteiger partial charge in [-0.25, -0.2) is 0 Å². The molecule has 0 saturated carbocycles. The number of likely N-dealkylation sites (tertiary alicyclic amines) is 1. The van der Waals surface area contributed by atoms with Crippen molar-refractivity contribution in [1.29, 1.82) is 0 Å². The number of amides is 2. The Morgan fingerprint density at radius 1 is 0.939 bits per heavy atom. The lowest BCUT2D eigenvalue weighted by Crippen LogP contribution is -2.38. The SMILES string of the molecule is Cc1cccc(-c2ccccc2C(=O)N2CC[C@@H](NC(=O)c3cn(C)c4ccccc34)C2)c1. The van der Waals surface area contributed by atoms with Gasteiger partial charge < -0.3 is 14.8 Å². The van der Waals surface area contributed by atoms with Crippen LogP contribution in [-0.2, 0) is 7.05 Å². The average molecular weight is 438 g/mol. The first kappa shape index (κ1) is 21.0. The molecule has 0 spiro atoms. The molecule has 0 aliphatic carbocycles. The maximum atomic E-state index is 13.4. The van der Waals surface area contributed by atoms with Crippen LogP contribution < -0.4 is 5.32 Å². The van der Waals surface area contributed by atoms with Gasteiger partial charge in [-0.1, -0.05) is 66.2 Å². The van der Waals surface area contributed by atoms with Crippen molar-refractivity contribution in [2.24, 2.45) is 7.05 Å². The summed E-state index contributed by atoms with van der Waals surface area (Å²) in [6.45, 7) is 3.19. The van der Waals surface area contributed by atoms with Crippen LogP contribution in [0.5, 0.6) is 0 Å². The molecule has 0 unspecified atom stereocenters. The van der Waals surface area contributed by atoms with Crippen LogP contribution in [0.1, 0.15) is 32.7 Å². The van der Waals surface area contributed by atoms with Gasteiger partial charge in [0.05, 0.1) is 5.56 Å². The third kappa shape index (κ3) is 4.02. The fourth-order valence-corrected chi connectivity index (χ4v) is 4.75. The fraction of sp³-hybridized carbons (Fsp3) is 0.214. The van der Waals surface area contributed by atoms with Gasteiger partial charge in [0.1, 0.15) is 0 Å². The first-order valence-corrected chi connectivity index (χ1v) is 11.3. The Hall–Kier alpha value is -3.86. The van der Waals surface area contributed by atoms with Crippen molar-refractivity contribution in [3.63, 3.8) is 0 Å².